The number of rotatable bonds is 7. The van der Waals surface area contributed by atoms with Gasteiger partial charge in [0.1, 0.15) is 0 Å². The van der Waals surface area contributed by atoms with Crippen molar-refractivity contribution in [3.05, 3.63) is 208 Å². The van der Waals surface area contributed by atoms with E-state index < -0.39 is 0 Å². The molecule has 2 aromatic carbocycles. The molecule has 0 radical (unpaired) electrons. The van der Waals surface area contributed by atoms with Crippen molar-refractivity contribution >= 4 is 5.57 Å². The van der Waals surface area contributed by atoms with Gasteiger partial charge in [0.15, 0.2) is 0 Å². The van der Waals surface area contributed by atoms with Gasteiger partial charge in [-0.1, -0.05) is 192 Å². The average Bonchev–Trinajstić information content (AvgIpc) is 3.69. The molecule has 0 aromatic heterocycles. The van der Waals surface area contributed by atoms with Gasteiger partial charge in [-0.3, -0.25) is 0 Å². The summed E-state index contributed by atoms with van der Waals surface area (Å²) in [4.78, 5) is 2.79. The zero-order valence-electron chi connectivity index (χ0n) is 38.0. The predicted molar refractivity (Wildman–Crippen MR) is 261 cm³/mol. The van der Waals surface area contributed by atoms with Crippen LogP contribution in [0.25, 0.3) is 5.57 Å². The molecule has 1 heteroatoms. The Balaban J connectivity index is 0.841. The first-order chi connectivity index (χ1) is 30.1. The molecule has 1 nitrogen and oxygen atoms in total. The van der Waals surface area contributed by atoms with Gasteiger partial charge in [0.2, 0.25) is 0 Å². The fourth-order valence-corrected chi connectivity index (χ4v) is 13.5. The Morgan fingerprint density at radius 1 is 0.694 bits per heavy atom. The van der Waals surface area contributed by atoms with Crippen molar-refractivity contribution in [1.82, 2.24) is 4.90 Å². The Morgan fingerprint density at radius 2 is 1.53 bits per heavy atom. The fraction of sp³-hybridized carbons (Fsp3) is 0.410. The van der Waals surface area contributed by atoms with Crippen LogP contribution in [0.15, 0.2) is 186 Å². The van der Waals surface area contributed by atoms with Crippen molar-refractivity contribution in [2.24, 2.45) is 35.0 Å². The van der Waals surface area contributed by atoms with Crippen molar-refractivity contribution in [3.8, 4) is 0 Å². The van der Waals surface area contributed by atoms with Gasteiger partial charge in [-0.15, -0.1) is 0 Å². The summed E-state index contributed by atoms with van der Waals surface area (Å²) in [5.41, 5.74) is 17.2. The maximum atomic E-state index is 2.79. The third kappa shape index (κ3) is 6.71. The normalized spacial score (nSPS) is 33.4. The van der Waals surface area contributed by atoms with E-state index in [0.29, 0.717) is 41.5 Å². The Kier molecular flexibility index (Phi) is 9.94. The lowest BCUT2D eigenvalue weighted by molar-refractivity contribution is 0.280. The molecule has 8 unspecified atom stereocenters. The van der Waals surface area contributed by atoms with E-state index in [1.54, 1.807) is 27.9 Å². The smallest absolute Gasteiger partial charge is 0.0519 e. The SMILES string of the molecule is CC1(C2=CCC(C3C=CC=CC3)C=C2)C=CC(N(C2=CCC(C3=CC=C4c5ccccc5C(C)(C)C4C3)C=C2)C2=CCC(C3=CCC4C(=C3)C(C)(C)c3ccccc34)CC2)CC1. The van der Waals surface area contributed by atoms with Crippen LogP contribution in [0.2, 0.25) is 0 Å². The lowest BCUT2D eigenvalue weighted by Crippen LogP contribution is -2.38. The molecule has 0 N–H and O–H groups in total. The van der Waals surface area contributed by atoms with Gasteiger partial charge >= 0.3 is 0 Å². The second-order valence-corrected chi connectivity index (χ2v) is 21.6. The van der Waals surface area contributed by atoms with Gasteiger partial charge in [0, 0.05) is 34.1 Å². The minimum atomic E-state index is 0.0832. The zero-order valence-corrected chi connectivity index (χ0v) is 38.0. The predicted octanol–water partition coefficient (Wildman–Crippen LogP) is 15.4. The molecule has 0 heterocycles. The van der Waals surface area contributed by atoms with E-state index in [4.69, 9.17) is 0 Å². The molecule has 11 rings (SSSR count). The fourth-order valence-electron chi connectivity index (χ4n) is 13.5. The first-order valence-corrected chi connectivity index (χ1v) is 24.4. The van der Waals surface area contributed by atoms with Crippen LogP contribution in [-0.4, -0.2) is 10.9 Å². The van der Waals surface area contributed by atoms with Crippen molar-refractivity contribution in [2.75, 3.05) is 0 Å². The van der Waals surface area contributed by atoms with Crippen LogP contribution in [0.4, 0.5) is 0 Å². The van der Waals surface area contributed by atoms with Gasteiger partial charge in [-0.25, -0.2) is 0 Å². The van der Waals surface area contributed by atoms with Crippen LogP contribution in [0.1, 0.15) is 127 Å². The lowest BCUT2D eigenvalue weighted by atomic mass is 9.70. The topological polar surface area (TPSA) is 3.24 Å². The molecule has 2 aromatic rings. The summed E-state index contributed by atoms with van der Waals surface area (Å²) in [6.07, 6.45) is 53.9. The summed E-state index contributed by atoms with van der Waals surface area (Å²) in [6, 6.07) is 18.7. The molecule has 8 atom stereocenters. The van der Waals surface area contributed by atoms with Crippen molar-refractivity contribution in [1.29, 1.82) is 0 Å². The number of nitrogens with zero attached hydrogens (tertiary/aromatic N) is 1. The highest BCUT2D eigenvalue weighted by atomic mass is 15.2. The number of benzene rings is 2. The van der Waals surface area contributed by atoms with E-state index >= 15 is 0 Å². The Labute approximate surface area is 373 Å². The first-order valence-electron chi connectivity index (χ1n) is 24.4. The maximum Gasteiger partial charge on any atom is 0.0519 e. The van der Waals surface area contributed by atoms with E-state index in [1.807, 2.05) is 0 Å². The Hall–Kier alpha value is -4.88. The maximum absolute atomic E-state index is 2.79. The van der Waals surface area contributed by atoms with Gasteiger partial charge in [0.25, 0.3) is 0 Å². The molecule has 0 fully saturated rings. The summed E-state index contributed by atoms with van der Waals surface area (Å²) in [7, 11) is 0. The number of allylic oxidation sites excluding steroid dienone is 22. The highest BCUT2D eigenvalue weighted by molar-refractivity contribution is 5.80. The van der Waals surface area contributed by atoms with Gasteiger partial charge in [-0.05, 0) is 138 Å². The first kappa shape index (κ1) is 39.9. The van der Waals surface area contributed by atoms with E-state index in [-0.39, 0.29) is 16.2 Å². The molecule has 9 aliphatic rings. The number of fused-ring (bicyclic) bond motifs is 6. The van der Waals surface area contributed by atoms with Crippen LogP contribution in [0.5, 0.6) is 0 Å². The summed E-state index contributed by atoms with van der Waals surface area (Å²) < 4.78 is 0. The molecular formula is C61H67N. The van der Waals surface area contributed by atoms with Crippen LogP contribution in [-0.2, 0) is 10.8 Å². The average molecular weight is 814 g/mol. The third-order valence-corrected chi connectivity index (χ3v) is 17.4. The highest BCUT2D eigenvalue weighted by Crippen LogP contribution is 2.56. The van der Waals surface area contributed by atoms with Crippen LogP contribution in [0.3, 0.4) is 0 Å². The molecule has 9 aliphatic carbocycles. The minimum absolute atomic E-state index is 0.0832. The molecule has 0 amide bonds. The molecule has 316 valence electrons. The zero-order chi connectivity index (χ0) is 42.2. The molecule has 0 aliphatic heterocycles. The van der Waals surface area contributed by atoms with Crippen LogP contribution in [0, 0.1) is 35.0 Å². The molecule has 0 bridgehead atoms. The summed E-state index contributed by atoms with van der Waals surface area (Å²) >= 11 is 0. The quantitative estimate of drug-likeness (QED) is 0.252. The van der Waals surface area contributed by atoms with E-state index in [9.17, 15) is 0 Å². The van der Waals surface area contributed by atoms with E-state index in [0.717, 1.165) is 51.4 Å². The monoisotopic (exact) mass is 814 g/mol. The Morgan fingerprint density at radius 3 is 2.27 bits per heavy atom. The second kappa shape index (κ2) is 15.4. The molecule has 0 saturated heterocycles. The Bertz CT molecular complexity index is 2540. The number of hydrogen-bond donors (Lipinski definition) is 0. The summed E-state index contributed by atoms with van der Waals surface area (Å²) in [5, 5.41) is 0. The van der Waals surface area contributed by atoms with Gasteiger partial charge < -0.3 is 4.90 Å². The lowest BCUT2D eigenvalue weighted by Gasteiger charge is -2.43. The van der Waals surface area contributed by atoms with Crippen molar-refractivity contribution in [2.45, 2.75) is 122 Å². The van der Waals surface area contributed by atoms with Gasteiger partial charge in [0.05, 0.1) is 6.04 Å². The highest BCUT2D eigenvalue weighted by Gasteiger charge is 2.45. The van der Waals surface area contributed by atoms with E-state index in [2.05, 4.69) is 191 Å². The summed E-state index contributed by atoms with van der Waals surface area (Å²) in [5.74, 6) is 3.39. The minimum Gasteiger partial charge on any atom is -0.339 e. The van der Waals surface area contributed by atoms with Crippen molar-refractivity contribution < 1.29 is 0 Å². The van der Waals surface area contributed by atoms with Crippen molar-refractivity contribution in [3.63, 3.8) is 0 Å². The largest absolute Gasteiger partial charge is 0.339 e. The summed E-state index contributed by atoms with van der Waals surface area (Å²) in [6.45, 7) is 12.3. The second-order valence-electron chi connectivity index (χ2n) is 21.6. The van der Waals surface area contributed by atoms with Gasteiger partial charge in [-0.2, -0.15) is 0 Å². The van der Waals surface area contributed by atoms with Crippen LogP contribution < -0.4 is 0 Å². The standard InChI is InChI=1S/C61H67N/c1-59(2)55-17-11-9-15-51(55)53-33-25-45(39-57(53)59)43-21-29-48(30-22-43)62(50-35-37-61(5,38-36-50)47-27-19-42(20-28-47)41-13-7-6-8-14-41)49-31-23-44(24-32-49)46-26-34-54-52-16-10-12-18-56(52)60(3,4)58(54)40-46/h6-13,15-19,21,25-31,33,35,37,40-44,50,54,57H,14,20,22-24,32,34,36,38-39H2,1-5H3. The molecular weight excluding hydrogens is 747 g/mol. The molecule has 0 saturated carbocycles. The molecule has 62 heavy (non-hydrogen) atoms. The van der Waals surface area contributed by atoms with Crippen LogP contribution >= 0.6 is 0 Å². The molecule has 0 spiro atoms. The van der Waals surface area contributed by atoms with E-state index in [1.165, 1.54) is 46.5 Å². The number of hydrogen-bond acceptors (Lipinski definition) is 1. The third-order valence-electron chi connectivity index (χ3n) is 17.4.